The van der Waals surface area contributed by atoms with Gasteiger partial charge in [-0.3, -0.25) is 0 Å². The summed E-state index contributed by atoms with van der Waals surface area (Å²) < 4.78 is 22.0. The molecule has 0 fully saturated rings. The topological polar surface area (TPSA) is 51.5 Å². The van der Waals surface area contributed by atoms with Crippen molar-refractivity contribution in [1.29, 1.82) is 0 Å². The molecule has 5 nitrogen and oxygen atoms in total. The Kier molecular flexibility index (Phi) is 5.56. The largest absolute Gasteiger partial charge is 0.497 e. The van der Waals surface area contributed by atoms with Crippen molar-refractivity contribution in [2.75, 3.05) is 12.4 Å². The van der Waals surface area contributed by atoms with Gasteiger partial charge in [0.1, 0.15) is 21.4 Å². The summed E-state index contributed by atoms with van der Waals surface area (Å²) in [5.41, 5.74) is 2.68. The maximum Gasteiger partial charge on any atom is 0.327 e. The Morgan fingerprint density at radius 1 is 0.818 bits per heavy atom. The second-order valence-corrected chi connectivity index (χ2v) is 8.33. The van der Waals surface area contributed by atoms with E-state index in [0.29, 0.717) is 15.9 Å². The van der Waals surface area contributed by atoms with Crippen LogP contribution in [0.2, 0.25) is 0 Å². The number of nitrogens with zero attached hydrogens (tertiary/aromatic N) is 3. The zero-order valence-electron chi connectivity index (χ0n) is 17.7. The third-order valence-corrected chi connectivity index (χ3v) is 6.28. The van der Waals surface area contributed by atoms with Crippen molar-refractivity contribution in [1.82, 2.24) is 14.6 Å². The molecule has 1 N–H and O–H groups in total. The van der Waals surface area contributed by atoms with Gasteiger partial charge in [-0.2, -0.15) is 9.37 Å². The van der Waals surface area contributed by atoms with Crippen LogP contribution < -0.4 is 10.1 Å². The summed E-state index contributed by atoms with van der Waals surface area (Å²) in [4.78, 5) is 4.15. The van der Waals surface area contributed by atoms with Gasteiger partial charge in [0.05, 0.1) is 7.11 Å². The number of methoxy groups -OCH3 is 1. The molecule has 0 spiro atoms. The van der Waals surface area contributed by atoms with Crippen LogP contribution in [-0.2, 0) is 5.54 Å². The van der Waals surface area contributed by atoms with Crippen molar-refractivity contribution < 1.29 is 9.13 Å². The van der Waals surface area contributed by atoms with Gasteiger partial charge < -0.3 is 10.1 Å². The molecule has 0 aliphatic rings. The first-order chi connectivity index (χ1) is 16.1. The number of anilines is 1. The lowest BCUT2D eigenvalue weighted by Crippen LogP contribution is -2.38. The van der Waals surface area contributed by atoms with Gasteiger partial charge in [-0.1, -0.05) is 72.8 Å². The molecule has 0 radical (unpaired) electrons. The normalized spacial score (nSPS) is 11.5. The van der Waals surface area contributed by atoms with E-state index in [-0.39, 0.29) is 0 Å². The van der Waals surface area contributed by atoms with E-state index in [1.807, 2.05) is 97.1 Å². The van der Waals surface area contributed by atoms with E-state index in [1.54, 1.807) is 7.11 Å². The van der Waals surface area contributed by atoms with Gasteiger partial charge in [-0.05, 0) is 56.9 Å². The highest BCUT2D eigenvalue weighted by Crippen LogP contribution is 2.41. The molecule has 0 bridgehead atoms. The minimum Gasteiger partial charge on any atom is -0.497 e. The Morgan fingerprint density at radius 2 is 1.39 bits per heavy atom. The SMILES string of the molecule is COc1ccc(C(Nc2nc(F)nn3c(Br)ccc23)(c2ccccc2)c2ccccc2)cc1. The van der Waals surface area contributed by atoms with Crippen molar-refractivity contribution in [3.05, 3.63) is 124 Å². The fraction of sp³-hybridized carbons (Fsp3) is 0.0769. The van der Waals surface area contributed by atoms with Crippen molar-refractivity contribution >= 4 is 27.3 Å². The molecule has 0 aliphatic carbocycles. The second-order valence-electron chi connectivity index (χ2n) is 7.52. The first-order valence-corrected chi connectivity index (χ1v) is 11.2. The third kappa shape index (κ3) is 3.74. The zero-order valence-corrected chi connectivity index (χ0v) is 19.3. The molecule has 0 unspecified atom stereocenters. The fourth-order valence-corrected chi connectivity index (χ4v) is 4.55. The number of hydrogen-bond acceptors (Lipinski definition) is 4. The summed E-state index contributed by atoms with van der Waals surface area (Å²) in [5.74, 6) is 1.12. The number of hydrogen-bond donors (Lipinski definition) is 1. The van der Waals surface area contributed by atoms with E-state index in [4.69, 9.17) is 4.74 Å². The Balaban J connectivity index is 1.82. The summed E-state index contributed by atoms with van der Waals surface area (Å²) in [7, 11) is 1.64. The molecule has 0 atom stereocenters. The van der Waals surface area contributed by atoms with Crippen LogP contribution in [0, 0.1) is 6.08 Å². The van der Waals surface area contributed by atoms with Crippen LogP contribution in [0.5, 0.6) is 5.75 Å². The fourth-order valence-electron chi connectivity index (χ4n) is 4.14. The second kappa shape index (κ2) is 8.67. The lowest BCUT2D eigenvalue weighted by atomic mass is 9.77. The number of aromatic nitrogens is 3. The van der Waals surface area contributed by atoms with E-state index >= 15 is 0 Å². The molecular weight excluding hydrogens is 483 g/mol. The Labute approximate surface area is 199 Å². The minimum atomic E-state index is -0.868. The summed E-state index contributed by atoms with van der Waals surface area (Å²) in [5, 5.41) is 7.50. The predicted molar refractivity (Wildman–Crippen MR) is 130 cm³/mol. The number of halogens is 2. The van der Waals surface area contributed by atoms with Crippen molar-refractivity contribution in [3.8, 4) is 5.75 Å². The Bertz CT molecular complexity index is 1350. The molecule has 5 aromatic rings. The molecule has 2 heterocycles. The standard InChI is InChI=1S/C26H20BrFN4O/c1-33-21-14-12-20(13-15-21)26(18-8-4-2-5-9-18,19-10-6-3-7-11-19)30-24-22-16-17-23(27)32(22)31-25(28)29-24/h2-17H,1H3,(H,29,30,31). The highest BCUT2D eigenvalue weighted by atomic mass is 79.9. The molecule has 0 saturated carbocycles. The third-order valence-electron chi connectivity index (χ3n) is 5.68. The van der Waals surface area contributed by atoms with Crippen LogP contribution in [0.25, 0.3) is 5.52 Å². The van der Waals surface area contributed by atoms with Crippen molar-refractivity contribution in [2.24, 2.45) is 0 Å². The van der Waals surface area contributed by atoms with Gasteiger partial charge in [0, 0.05) is 0 Å². The summed E-state index contributed by atoms with van der Waals surface area (Å²) in [6, 6.07) is 31.6. The van der Waals surface area contributed by atoms with Crippen LogP contribution in [-0.4, -0.2) is 21.7 Å². The maximum atomic E-state index is 14.5. The van der Waals surface area contributed by atoms with Gasteiger partial charge in [-0.25, -0.2) is 4.52 Å². The highest BCUT2D eigenvalue weighted by Gasteiger charge is 2.37. The molecule has 0 amide bonds. The summed E-state index contributed by atoms with van der Waals surface area (Å²) in [6.45, 7) is 0. The number of fused-ring (bicyclic) bond motifs is 1. The van der Waals surface area contributed by atoms with Crippen molar-refractivity contribution in [2.45, 2.75) is 5.54 Å². The molecule has 3 aromatic carbocycles. The van der Waals surface area contributed by atoms with Gasteiger partial charge >= 0.3 is 6.08 Å². The molecule has 33 heavy (non-hydrogen) atoms. The van der Waals surface area contributed by atoms with Crippen LogP contribution in [0.3, 0.4) is 0 Å². The van der Waals surface area contributed by atoms with E-state index < -0.39 is 11.6 Å². The Morgan fingerprint density at radius 3 is 1.97 bits per heavy atom. The van der Waals surface area contributed by atoms with Crippen molar-refractivity contribution in [3.63, 3.8) is 0 Å². The summed E-state index contributed by atoms with van der Waals surface area (Å²) >= 11 is 3.43. The minimum absolute atomic E-state index is 0.372. The quantitative estimate of drug-likeness (QED) is 0.287. The highest BCUT2D eigenvalue weighted by molar-refractivity contribution is 9.10. The van der Waals surface area contributed by atoms with E-state index in [9.17, 15) is 4.39 Å². The predicted octanol–water partition coefficient (Wildman–Crippen LogP) is 6.04. The van der Waals surface area contributed by atoms with E-state index in [1.165, 1.54) is 4.52 Å². The van der Waals surface area contributed by atoms with Gasteiger partial charge in [0.2, 0.25) is 0 Å². The summed E-state index contributed by atoms with van der Waals surface area (Å²) in [6.07, 6.45) is -0.827. The number of nitrogens with one attached hydrogen (secondary N) is 1. The van der Waals surface area contributed by atoms with Crippen LogP contribution in [0.1, 0.15) is 16.7 Å². The number of rotatable bonds is 6. The Hall–Kier alpha value is -3.71. The average molecular weight is 503 g/mol. The lowest BCUT2D eigenvalue weighted by molar-refractivity contribution is 0.414. The monoisotopic (exact) mass is 502 g/mol. The first-order valence-electron chi connectivity index (χ1n) is 10.4. The van der Waals surface area contributed by atoms with Gasteiger partial charge in [-0.15, -0.1) is 5.10 Å². The van der Waals surface area contributed by atoms with E-state index in [2.05, 4.69) is 31.3 Å². The lowest BCUT2D eigenvalue weighted by Gasteiger charge is -2.37. The molecule has 7 heteroatoms. The van der Waals surface area contributed by atoms with Crippen LogP contribution in [0.15, 0.2) is 102 Å². The number of ether oxygens (including phenoxy) is 1. The molecule has 2 aromatic heterocycles. The van der Waals surface area contributed by atoms with Gasteiger partial charge in [0.15, 0.2) is 5.82 Å². The van der Waals surface area contributed by atoms with E-state index in [0.717, 1.165) is 22.4 Å². The smallest absolute Gasteiger partial charge is 0.327 e. The maximum absolute atomic E-state index is 14.5. The van der Waals surface area contributed by atoms with Gasteiger partial charge in [0.25, 0.3) is 0 Å². The molecule has 164 valence electrons. The number of benzene rings is 3. The first kappa shape index (κ1) is 21.2. The van der Waals surface area contributed by atoms with Crippen LogP contribution in [0.4, 0.5) is 10.2 Å². The molecular formula is C26H20BrFN4O. The molecule has 5 rings (SSSR count). The zero-order chi connectivity index (χ0) is 22.8. The molecule has 0 saturated heterocycles. The van der Waals surface area contributed by atoms with Crippen LogP contribution >= 0.6 is 15.9 Å². The average Bonchev–Trinajstić information content (AvgIpc) is 3.24. The molecule has 0 aliphatic heterocycles.